The fourth-order valence-corrected chi connectivity index (χ4v) is 2.08. The molecule has 0 radical (unpaired) electrons. The van der Waals surface area contributed by atoms with Gasteiger partial charge in [0.15, 0.2) is 0 Å². The molecule has 0 N–H and O–H groups in total. The van der Waals surface area contributed by atoms with E-state index in [2.05, 4.69) is 0 Å². The van der Waals surface area contributed by atoms with Gasteiger partial charge in [-0.3, -0.25) is 4.84 Å². The highest BCUT2D eigenvalue weighted by Gasteiger charge is 2.39. The molecule has 1 fully saturated rings. The molecule has 1 aromatic carbocycles. The normalized spacial score (nSPS) is 25.3. The van der Waals surface area contributed by atoms with Crippen LogP contribution in [0.4, 0.5) is 4.79 Å². The van der Waals surface area contributed by atoms with Gasteiger partial charge in [-0.25, -0.2) is 4.79 Å². The number of fused-ring (bicyclic) bond motifs is 2. The number of hydrogen-bond donors (Lipinski definition) is 0. The molecule has 2 bridgehead atoms. The zero-order valence-corrected chi connectivity index (χ0v) is 9.28. The fraction of sp³-hybridized carbons (Fsp3) is 0.308. The molecule has 1 aromatic rings. The Bertz CT molecular complexity index is 443. The van der Waals surface area contributed by atoms with Crippen LogP contribution in [-0.2, 0) is 16.2 Å². The van der Waals surface area contributed by atoms with E-state index in [-0.39, 0.29) is 18.8 Å². The highest BCUT2D eigenvalue weighted by molar-refractivity contribution is 5.67. The summed E-state index contributed by atoms with van der Waals surface area (Å²) >= 11 is 0. The first-order valence-corrected chi connectivity index (χ1v) is 5.68. The molecule has 2 aliphatic rings. The van der Waals surface area contributed by atoms with Crippen LogP contribution in [0.15, 0.2) is 42.5 Å². The Kier molecular flexibility index (Phi) is 2.57. The number of carbonyl (C=O) groups is 1. The fourth-order valence-electron chi connectivity index (χ4n) is 2.08. The summed E-state index contributed by atoms with van der Waals surface area (Å²) in [5, 5.41) is 1.33. The third-order valence-corrected chi connectivity index (χ3v) is 2.96. The smallest absolute Gasteiger partial charge is 0.434 e. The standard InChI is InChI=1S/C13H13NO3/c15-13(14-11-6-7-12(8-11)17-14)16-9-10-4-2-1-3-5-10/h1-7,11-12H,8-9H2/t11-,12+/m1/s1. The number of carbonyl (C=O) groups excluding carboxylic acids is 1. The number of ether oxygens (including phenoxy) is 1. The van der Waals surface area contributed by atoms with Gasteiger partial charge < -0.3 is 4.74 Å². The van der Waals surface area contributed by atoms with Crippen LogP contribution in [0.1, 0.15) is 12.0 Å². The highest BCUT2D eigenvalue weighted by Crippen LogP contribution is 2.29. The van der Waals surface area contributed by atoms with E-state index in [0.29, 0.717) is 0 Å². The van der Waals surface area contributed by atoms with E-state index in [1.807, 2.05) is 42.5 Å². The van der Waals surface area contributed by atoms with Crippen molar-refractivity contribution in [3.8, 4) is 0 Å². The molecule has 4 heteroatoms. The van der Waals surface area contributed by atoms with Gasteiger partial charge >= 0.3 is 6.09 Å². The molecule has 17 heavy (non-hydrogen) atoms. The van der Waals surface area contributed by atoms with Crippen molar-refractivity contribution in [1.82, 2.24) is 5.06 Å². The molecule has 1 aliphatic carbocycles. The number of amides is 1. The van der Waals surface area contributed by atoms with E-state index in [1.165, 1.54) is 5.06 Å². The molecule has 3 rings (SSSR count). The third-order valence-electron chi connectivity index (χ3n) is 2.96. The van der Waals surface area contributed by atoms with Gasteiger partial charge in [-0.1, -0.05) is 42.5 Å². The van der Waals surface area contributed by atoms with Crippen molar-refractivity contribution in [2.24, 2.45) is 0 Å². The molecule has 0 spiro atoms. The van der Waals surface area contributed by atoms with Crippen LogP contribution < -0.4 is 0 Å². The molecule has 1 saturated heterocycles. The van der Waals surface area contributed by atoms with Crippen molar-refractivity contribution in [3.63, 3.8) is 0 Å². The molecule has 0 unspecified atom stereocenters. The van der Waals surface area contributed by atoms with Crippen molar-refractivity contribution < 1.29 is 14.4 Å². The highest BCUT2D eigenvalue weighted by atomic mass is 16.7. The summed E-state index contributed by atoms with van der Waals surface area (Å²) in [7, 11) is 0. The van der Waals surface area contributed by atoms with Gasteiger partial charge in [-0.2, -0.15) is 5.06 Å². The van der Waals surface area contributed by atoms with Crippen molar-refractivity contribution >= 4 is 6.09 Å². The summed E-state index contributed by atoms with van der Waals surface area (Å²) in [5.74, 6) is 0. The second-order valence-electron chi connectivity index (χ2n) is 4.20. The molecular formula is C13H13NO3. The largest absolute Gasteiger partial charge is 0.443 e. The minimum absolute atomic E-state index is 0.0447. The summed E-state index contributed by atoms with van der Waals surface area (Å²) in [6.45, 7) is 0.278. The molecule has 1 heterocycles. The first-order valence-electron chi connectivity index (χ1n) is 5.68. The van der Waals surface area contributed by atoms with Crippen LogP contribution in [0.2, 0.25) is 0 Å². The second-order valence-corrected chi connectivity index (χ2v) is 4.20. The molecule has 2 atom stereocenters. The Morgan fingerprint density at radius 3 is 2.82 bits per heavy atom. The Balaban J connectivity index is 1.56. The first-order chi connectivity index (χ1) is 8.33. The van der Waals surface area contributed by atoms with E-state index in [4.69, 9.17) is 9.57 Å². The third kappa shape index (κ3) is 2.03. The minimum atomic E-state index is -0.411. The summed E-state index contributed by atoms with van der Waals surface area (Å²) in [6, 6.07) is 9.65. The molecule has 1 aliphatic heterocycles. The maximum atomic E-state index is 11.8. The summed E-state index contributed by atoms with van der Waals surface area (Å²) < 4.78 is 5.19. The van der Waals surface area contributed by atoms with Crippen LogP contribution in [0.5, 0.6) is 0 Å². The molecule has 0 aromatic heterocycles. The van der Waals surface area contributed by atoms with E-state index in [1.54, 1.807) is 0 Å². The van der Waals surface area contributed by atoms with E-state index < -0.39 is 6.09 Å². The zero-order chi connectivity index (χ0) is 11.7. The van der Waals surface area contributed by atoms with Gasteiger partial charge in [0.25, 0.3) is 0 Å². The average molecular weight is 231 g/mol. The van der Waals surface area contributed by atoms with Crippen LogP contribution in [0, 0.1) is 0 Å². The lowest BCUT2D eigenvalue weighted by atomic mass is 10.2. The number of hydrogen-bond acceptors (Lipinski definition) is 3. The summed E-state index contributed by atoms with van der Waals surface area (Å²) in [4.78, 5) is 17.1. The van der Waals surface area contributed by atoms with E-state index in [9.17, 15) is 4.79 Å². The average Bonchev–Trinajstić information content (AvgIpc) is 2.99. The van der Waals surface area contributed by atoms with Crippen molar-refractivity contribution in [2.75, 3.05) is 0 Å². The first kappa shape index (κ1) is 10.4. The number of hydroxylamine groups is 2. The Morgan fingerprint density at radius 2 is 2.18 bits per heavy atom. The van der Waals surface area contributed by atoms with Crippen LogP contribution in [0.25, 0.3) is 0 Å². The van der Waals surface area contributed by atoms with Crippen molar-refractivity contribution in [1.29, 1.82) is 0 Å². The zero-order valence-electron chi connectivity index (χ0n) is 9.28. The van der Waals surface area contributed by atoms with Crippen LogP contribution in [-0.4, -0.2) is 23.3 Å². The maximum Gasteiger partial charge on any atom is 0.434 e. The molecule has 4 nitrogen and oxygen atoms in total. The van der Waals surface area contributed by atoms with Gasteiger partial charge in [0.2, 0.25) is 0 Å². The topological polar surface area (TPSA) is 38.8 Å². The Labute approximate surface area is 99.4 Å². The van der Waals surface area contributed by atoms with Gasteiger partial charge in [0.05, 0.1) is 6.04 Å². The Morgan fingerprint density at radius 1 is 1.35 bits per heavy atom. The lowest BCUT2D eigenvalue weighted by Crippen LogP contribution is -2.35. The SMILES string of the molecule is O=C(OCc1ccccc1)N1O[C@H]2C=C[C@@H]1C2. The number of benzene rings is 1. The van der Waals surface area contributed by atoms with E-state index >= 15 is 0 Å². The molecular weight excluding hydrogens is 218 g/mol. The summed E-state index contributed by atoms with van der Waals surface area (Å²) in [6.07, 6.45) is 4.44. The van der Waals surface area contributed by atoms with Crippen LogP contribution in [0.3, 0.4) is 0 Å². The quantitative estimate of drug-likeness (QED) is 0.733. The summed E-state index contributed by atoms with van der Waals surface area (Å²) in [5.41, 5.74) is 0.973. The number of rotatable bonds is 2. The van der Waals surface area contributed by atoms with Crippen molar-refractivity contribution in [2.45, 2.75) is 25.2 Å². The van der Waals surface area contributed by atoms with Gasteiger partial charge in [0.1, 0.15) is 12.7 Å². The van der Waals surface area contributed by atoms with Gasteiger partial charge in [-0.15, -0.1) is 0 Å². The molecule has 0 saturated carbocycles. The van der Waals surface area contributed by atoms with Gasteiger partial charge in [-0.05, 0) is 5.56 Å². The van der Waals surface area contributed by atoms with E-state index in [0.717, 1.165) is 12.0 Å². The second kappa shape index (κ2) is 4.22. The van der Waals surface area contributed by atoms with Gasteiger partial charge in [0, 0.05) is 6.42 Å². The lowest BCUT2D eigenvalue weighted by Gasteiger charge is -2.21. The minimum Gasteiger partial charge on any atom is -0.443 e. The predicted octanol–water partition coefficient (Wildman–Crippen LogP) is 2.27. The maximum absolute atomic E-state index is 11.8. The molecule has 1 amide bonds. The van der Waals surface area contributed by atoms with Crippen LogP contribution >= 0.6 is 0 Å². The monoisotopic (exact) mass is 231 g/mol. The lowest BCUT2D eigenvalue weighted by molar-refractivity contribution is -0.129. The predicted molar refractivity (Wildman–Crippen MR) is 60.9 cm³/mol. The molecule has 88 valence electrons. The van der Waals surface area contributed by atoms with Crippen molar-refractivity contribution in [3.05, 3.63) is 48.0 Å². The number of nitrogens with zero attached hydrogens (tertiary/aromatic N) is 1. The Hall–Kier alpha value is -1.81.